The van der Waals surface area contributed by atoms with Crippen molar-refractivity contribution in [3.05, 3.63) is 54.1 Å². The van der Waals surface area contributed by atoms with Crippen molar-refractivity contribution in [2.75, 3.05) is 44.4 Å². The number of benzene rings is 2. The fraction of sp³-hybridized carbons (Fsp3) is 0.481. The lowest BCUT2D eigenvalue weighted by Crippen LogP contribution is -2.53. The molecule has 0 saturated heterocycles. The molecule has 1 atom stereocenters. The molecule has 0 aliphatic carbocycles. The van der Waals surface area contributed by atoms with Crippen LogP contribution in [0.25, 0.3) is 0 Å². The molecule has 2 amide bonds. The fourth-order valence-corrected chi connectivity index (χ4v) is 4.83. The molecule has 0 saturated carbocycles. The molecule has 2 aromatic rings. The van der Waals surface area contributed by atoms with Crippen molar-refractivity contribution in [1.82, 2.24) is 10.2 Å². The highest BCUT2D eigenvalue weighted by Crippen LogP contribution is 2.33. The van der Waals surface area contributed by atoms with Crippen molar-refractivity contribution in [2.45, 2.75) is 45.6 Å². The normalized spacial score (nSPS) is 11.9. The Bertz CT molecular complexity index is 1120. The number of amides is 2. The quantitative estimate of drug-likeness (QED) is 0.353. The van der Waals surface area contributed by atoms with Gasteiger partial charge < -0.3 is 19.7 Å². The van der Waals surface area contributed by atoms with Gasteiger partial charge in [0, 0.05) is 19.2 Å². The largest absolute Gasteiger partial charge is 0.497 e. The molecule has 2 aromatic carbocycles. The van der Waals surface area contributed by atoms with Crippen LogP contribution in [0.1, 0.15) is 38.7 Å². The summed E-state index contributed by atoms with van der Waals surface area (Å²) in [6, 6.07) is 13.6. The van der Waals surface area contributed by atoms with Gasteiger partial charge in [-0.05, 0) is 37.0 Å². The summed E-state index contributed by atoms with van der Waals surface area (Å²) in [6.45, 7) is 4.16. The summed E-state index contributed by atoms with van der Waals surface area (Å²) in [4.78, 5) is 28.3. The van der Waals surface area contributed by atoms with Gasteiger partial charge in [-0.2, -0.15) is 0 Å². The number of ether oxygens (including phenoxy) is 2. The summed E-state index contributed by atoms with van der Waals surface area (Å²) >= 11 is 0. The highest BCUT2D eigenvalue weighted by atomic mass is 32.2. The molecule has 37 heavy (non-hydrogen) atoms. The molecule has 0 spiro atoms. The minimum absolute atomic E-state index is 0.182. The molecular formula is C27H39N3O6S. The minimum Gasteiger partial charge on any atom is -0.497 e. The Morgan fingerprint density at radius 2 is 1.73 bits per heavy atom. The van der Waals surface area contributed by atoms with Crippen LogP contribution in [-0.2, 0) is 26.0 Å². The van der Waals surface area contributed by atoms with Gasteiger partial charge >= 0.3 is 0 Å². The number of nitrogens with one attached hydrogen (secondary N) is 1. The average Bonchev–Trinajstić information content (AvgIpc) is 2.89. The Labute approximate surface area is 220 Å². The number of unbranched alkanes of at least 4 members (excludes halogenated alkanes) is 1. The molecule has 9 nitrogen and oxygen atoms in total. The molecule has 10 heteroatoms. The van der Waals surface area contributed by atoms with Crippen LogP contribution in [0.15, 0.2) is 48.5 Å². The lowest BCUT2D eigenvalue weighted by atomic mass is 10.1. The van der Waals surface area contributed by atoms with E-state index in [0.29, 0.717) is 25.1 Å². The summed E-state index contributed by atoms with van der Waals surface area (Å²) < 4.78 is 37.4. The predicted molar refractivity (Wildman–Crippen MR) is 146 cm³/mol. The molecular weight excluding hydrogens is 494 g/mol. The van der Waals surface area contributed by atoms with Gasteiger partial charge in [0.2, 0.25) is 21.8 Å². The van der Waals surface area contributed by atoms with E-state index in [1.807, 2.05) is 44.2 Å². The van der Waals surface area contributed by atoms with E-state index in [2.05, 4.69) is 5.32 Å². The lowest BCUT2D eigenvalue weighted by molar-refractivity contribution is -0.139. The predicted octanol–water partition coefficient (Wildman–Crippen LogP) is 3.24. The summed E-state index contributed by atoms with van der Waals surface area (Å²) in [5.74, 6) is -0.0373. The van der Waals surface area contributed by atoms with Crippen LogP contribution in [0.3, 0.4) is 0 Å². The standard InChI is InChI=1S/C27H39N3O6S/c1-6-8-17-28-27(32)23(7-2)29(18-16-21-12-10-9-11-13-21)26(31)20-30(37(5,33)34)24-19-22(35-3)14-15-25(24)36-4/h9-15,19,23H,6-8,16-18,20H2,1-5H3,(H,28,32). The number of anilines is 1. The monoisotopic (exact) mass is 533 g/mol. The lowest BCUT2D eigenvalue weighted by Gasteiger charge is -2.33. The average molecular weight is 534 g/mol. The second-order valence-corrected chi connectivity index (χ2v) is 10.6. The van der Waals surface area contributed by atoms with Crippen molar-refractivity contribution in [3.63, 3.8) is 0 Å². The molecule has 0 bridgehead atoms. The van der Waals surface area contributed by atoms with Gasteiger partial charge in [0.15, 0.2) is 0 Å². The van der Waals surface area contributed by atoms with Gasteiger partial charge in [-0.1, -0.05) is 50.6 Å². The third-order valence-corrected chi connectivity index (χ3v) is 7.16. The summed E-state index contributed by atoms with van der Waals surface area (Å²) in [6.07, 6.45) is 3.70. The van der Waals surface area contributed by atoms with Crippen molar-refractivity contribution in [3.8, 4) is 11.5 Å². The maximum absolute atomic E-state index is 13.8. The second kappa shape index (κ2) is 14.5. The zero-order valence-corrected chi connectivity index (χ0v) is 23.2. The molecule has 204 valence electrons. The molecule has 0 radical (unpaired) electrons. The number of sulfonamides is 1. The van der Waals surface area contributed by atoms with Crippen molar-refractivity contribution in [1.29, 1.82) is 0 Å². The molecule has 0 heterocycles. The smallest absolute Gasteiger partial charge is 0.244 e. The summed E-state index contributed by atoms with van der Waals surface area (Å²) in [5.41, 5.74) is 1.19. The van der Waals surface area contributed by atoms with E-state index in [1.54, 1.807) is 12.1 Å². The van der Waals surface area contributed by atoms with Crippen LogP contribution < -0.4 is 19.1 Å². The number of methoxy groups -OCH3 is 2. The summed E-state index contributed by atoms with van der Waals surface area (Å²) in [7, 11) is -1.000. The third-order valence-electron chi connectivity index (χ3n) is 6.03. The highest BCUT2D eigenvalue weighted by molar-refractivity contribution is 7.92. The number of nitrogens with zero attached hydrogens (tertiary/aromatic N) is 2. The van der Waals surface area contributed by atoms with E-state index in [0.717, 1.165) is 29.0 Å². The Morgan fingerprint density at radius 1 is 1.03 bits per heavy atom. The third kappa shape index (κ3) is 8.66. The first-order valence-electron chi connectivity index (χ1n) is 12.5. The Kier molecular flexibility index (Phi) is 11.7. The Balaban J connectivity index is 2.42. The molecule has 2 rings (SSSR count). The number of hydrogen-bond donors (Lipinski definition) is 1. The number of hydrogen-bond acceptors (Lipinski definition) is 6. The van der Waals surface area contributed by atoms with Gasteiger partial charge in [-0.25, -0.2) is 8.42 Å². The van der Waals surface area contributed by atoms with Gasteiger partial charge in [0.05, 0.1) is 26.2 Å². The topological polar surface area (TPSA) is 105 Å². The van der Waals surface area contributed by atoms with E-state index in [1.165, 1.54) is 25.2 Å². The Morgan fingerprint density at radius 3 is 2.30 bits per heavy atom. The molecule has 0 aromatic heterocycles. The number of rotatable bonds is 15. The molecule has 0 aliphatic heterocycles. The van der Waals surface area contributed by atoms with Crippen LogP contribution in [0.5, 0.6) is 11.5 Å². The molecule has 0 fully saturated rings. The van der Waals surface area contributed by atoms with Crippen LogP contribution in [0, 0.1) is 0 Å². The van der Waals surface area contributed by atoms with E-state index < -0.39 is 28.5 Å². The van der Waals surface area contributed by atoms with Gasteiger partial charge in [-0.3, -0.25) is 13.9 Å². The van der Waals surface area contributed by atoms with Crippen LogP contribution in [0.4, 0.5) is 5.69 Å². The van der Waals surface area contributed by atoms with Gasteiger partial charge in [-0.15, -0.1) is 0 Å². The van der Waals surface area contributed by atoms with Crippen LogP contribution in [-0.4, -0.2) is 71.3 Å². The van der Waals surface area contributed by atoms with Crippen molar-refractivity contribution >= 4 is 27.5 Å². The Hall–Kier alpha value is -3.27. The van der Waals surface area contributed by atoms with E-state index >= 15 is 0 Å². The van der Waals surface area contributed by atoms with Gasteiger partial charge in [0.1, 0.15) is 24.1 Å². The van der Waals surface area contributed by atoms with E-state index in [4.69, 9.17) is 9.47 Å². The number of carbonyl (C=O) groups excluding carboxylic acids is 2. The van der Waals surface area contributed by atoms with Crippen molar-refractivity contribution < 1.29 is 27.5 Å². The van der Waals surface area contributed by atoms with E-state index in [-0.39, 0.29) is 23.9 Å². The summed E-state index contributed by atoms with van der Waals surface area (Å²) in [5, 5.41) is 2.92. The maximum atomic E-state index is 13.8. The minimum atomic E-state index is -3.89. The first-order valence-corrected chi connectivity index (χ1v) is 14.3. The van der Waals surface area contributed by atoms with Crippen LogP contribution >= 0.6 is 0 Å². The maximum Gasteiger partial charge on any atom is 0.244 e. The van der Waals surface area contributed by atoms with Crippen LogP contribution in [0.2, 0.25) is 0 Å². The van der Waals surface area contributed by atoms with Crippen molar-refractivity contribution in [2.24, 2.45) is 0 Å². The zero-order valence-electron chi connectivity index (χ0n) is 22.4. The number of carbonyl (C=O) groups is 2. The zero-order chi connectivity index (χ0) is 27.4. The molecule has 1 unspecified atom stereocenters. The SMILES string of the molecule is CCCCNC(=O)C(CC)N(CCc1ccccc1)C(=O)CN(c1cc(OC)ccc1OC)S(C)(=O)=O. The second-order valence-electron chi connectivity index (χ2n) is 8.70. The van der Waals surface area contributed by atoms with E-state index in [9.17, 15) is 18.0 Å². The first-order chi connectivity index (χ1) is 17.7. The molecule has 0 aliphatic rings. The first kappa shape index (κ1) is 30.0. The molecule has 1 N–H and O–H groups in total. The fourth-order valence-electron chi connectivity index (χ4n) is 3.99. The van der Waals surface area contributed by atoms with Gasteiger partial charge in [0.25, 0.3) is 0 Å². The highest BCUT2D eigenvalue weighted by Gasteiger charge is 2.32.